The Morgan fingerprint density at radius 2 is 1.79 bits per heavy atom. The third-order valence-electron chi connectivity index (χ3n) is 5.77. The molecule has 168 valence electrons. The molecule has 0 saturated carbocycles. The molecule has 8 heteroatoms. The average Bonchev–Trinajstić information content (AvgIpc) is 3.44. The van der Waals surface area contributed by atoms with Gasteiger partial charge in [-0.2, -0.15) is 18.3 Å². The van der Waals surface area contributed by atoms with E-state index in [9.17, 15) is 18.0 Å². The van der Waals surface area contributed by atoms with Crippen LogP contribution < -0.4 is 5.32 Å². The Kier molecular flexibility index (Phi) is 5.28. The number of aryl methyl sites for hydroxylation is 1. The van der Waals surface area contributed by atoms with Crippen molar-refractivity contribution in [3.63, 3.8) is 0 Å². The largest absolute Gasteiger partial charge is 0.469 e. The van der Waals surface area contributed by atoms with Gasteiger partial charge < -0.3 is 9.73 Å². The van der Waals surface area contributed by atoms with Gasteiger partial charge in [0, 0.05) is 29.7 Å². The van der Waals surface area contributed by atoms with Gasteiger partial charge in [0.1, 0.15) is 5.76 Å². The van der Waals surface area contributed by atoms with Gasteiger partial charge in [-0.3, -0.25) is 4.79 Å². The third-order valence-corrected chi connectivity index (χ3v) is 5.77. The van der Waals surface area contributed by atoms with Crippen molar-refractivity contribution in [1.82, 2.24) is 15.1 Å². The maximum atomic E-state index is 13.7. The predicted molar refractivity (Wildman–Crippen MR) is 116 cm³/mol. The summed E-state index contributed by atoms with van der Waals surface area (Å²) in [4.78, 5) is 12.5. The normalized spacial score (nSPS) is 12.8. The molecule has 0 unspecified atom stereocenters. The van der Waals surface area contributed by atoms with Gasteiger partial charge in [0.25, 0.3) is 5.91 Å². The Morgan fingerprint density at radius 1 is 1.03 bits per heavy atom. The van der Waals surface area contributed by atoms with Crippen LogP contribution in [0.5, 0.6) is 0 Å². The number of amides is 1. The molecule has 0 saturated heterocycles. The molecular weight excluding hydrogens is 431 g/mol. The lowest BCUT2D eigenvalue weighted by molar-refractivity contribution is -0.142. The van der Waals surface area contributed by atoms with Gasteiger partial charge in [0.15, 0.2) is 5.69 Å². The van der Waals surface area contributed by atoms with Gasteiger partial charge in [-0.25, -0.2) is 4.68 Å². The van der Waals surface area contributed by atoms with Crippen LogP contribution in [-0.2, 0) is 25.4 Å². The number of halogens is 3. The highest BCUT2D eigenvalue weighted by Gasteiger charge is 2.41. The minimum Gasteiger partial charge on any atom is -0.469 e. The van der Waals surface area contributed by atoms with Crippen LogP contribution in [0.3, 0.4) is 0 Å². The number of benzene rings is 2. The second kappa shape index (κ2) is 8.27. The summed E-state index contributed by atoms with van der Waals surface area (Å²) < 4.78 is 47.7. The van der Waals surface area contributed by atoms with Crippen LogP contribution in [0.4, 0.5) is 13.2 Å². The number of alkyl halides is 3. The van der Waals surface area contributed by atoms with Crippen LogP contribution >= 0.6 is 0 Å². The number of nitrogens with zero attached hydrogens (tertiary/aromatic N) is 2. The molecule has 2 aromatic heterocycles. The molecule has 0 bridgehead atoms. The smallest absolute Gasteiger partial charge is 0.435 e. The summed E-state index contributed by atoms with van der Waals surface area (Å²) in [7, 11) is 0. The van der Waals surface area contributed by atoms with E-state index in [2.05, 4.69) is 10.4 Å². The van der Waals surface area contributed by atoms with E-state index in [-0.39, 0.29) is 17.9 Å². The quantitative estimate of drug-likeness (QED) is 0.453. The zero-order valence-electron chi connectivity index (χ0n) is 17.5. The second-order valence-electron chi connectivity index (χ2n) is 7.88. The highest BCUT2D eigenvalue weighted by Crippen LogP contribution is 2.42. The summed E-state index contributed by atoms with van der Waals surface area (Å²) in [6.07, 6.45) is -1.78. The lowest BCUT2D eigenvalue weighted by Crippen LogP contribution is -2.25. The number of carbonyl (C=O) groups is 1. The Hall–Kier alpha value is -3.81. The fourth-order valence-corrected chi connectivity index (χ4v) is 4.18. The van der Waals surface area contributed by atoms with Crippen molar-refractivity contribution in [2.45, 2.75) is 25.4 Å². The summed E-state index contributed by atoms with van der Waals surface area (Å²) in [5.41, 5.74) is 2.27. The number of fused-ring (bicyclic) bond motifs is 3. The molecule has 5 nitrogen and oxygen atoms in total. The second-order valence-corrected chi connectivity index (χ2v) is 7.88. The first-order chi connectivity index (χ1) is 15.9. The maximum Gasteiger partial charge on any atom is 0.435 e. The molecule has 1 aliphatic rings. The minimum atomic E-state index is -4.56. The Labute approximate surface area is 187 Å². The molecule has 0 aliphatic heterocycles. The van der Waals surface area contributed by atoms with E-state index in [4.69, 9.17) is 4.42 Å². The van der Waals surface area contributed by atoms with Crippen molar-refractivity contribution in [3.8, 4) is 16.9 Å². The molecular formula is C25H20F3N3O2. The summed E-state index contributed by atoms with van der Waals surface area (Å²) in [6.45, 7) is 0.482. The van der Waals surface area contributed by atoms with E-state index in [1.165, 1.54) is 10.9 Å². The van der Waals surface area contributed by atoms with Gasteiger partial charge in [-0.15, -0.1) is 0 Å². The van der Waals surface area contributed by atoms with Gasteiger partial charge in [-0.05, 0) is 48.7 Å². The summed E-state index contributed by atoms with van der Waals surface area (Å²) in [5, 5.41) is 6.79. The predicted octanol–water partition coefficient (Wildman–Crippen LogP) is 5.22. The number of nitrogens with one attached hydrogen (secondary N) is 1. The lowest BCUT2D eigenvalue weighted by atomic mass is 9.94. The monoisotopic (exact) mass is 451 g/mol. The van der Waals surface area contributed by atoms with E-state index < -0.39 is 11.9 Å². The molecule has 2 heterocycles. The number of aromatic nitrogens is 2. The van der Waals surface area contributed by atoms with Crippen molar-refractivity contribution in [3.05, 3.63) is 95.1 Å². The topological polar surface area (TPSA) is 60.1 Å². The van der Waals surface area contributed by atoms with Gasteiger partial charge in [-0.1, -0.05) is 30.3 Å². The first kappa shape index (κ1) is 21.1. The van der Waals surface area contributed by atoms with Crippen LogP contribution in [0.2, 0.25) is 0 Å². The fraction of sp³-hybridized carbons (Fsp3) is 0.200. The molecule has 1 amide bonds. The van der Waals surface area contributed by atoms with E-state index in [1.807, 2.05) is 30.3 Å². The lowest BCUT2D eigenvalue weighted by Gasteiger charge is -2.15. The fourth-order valence-electron chi connectivity index (χ4n) is 4.18. The van der Waals surface area contributed by atoms with Gasteiger partial charge in [0.2, 0.25) is 0 Å². The third kappa shape index (κ3) is 4.04. The summed E-state index contributed by atoms with van der Waals surface area (Å²) in [5.74, 6) is 0.403. The molecule has 0 fully saturated rings. The number of rotatable bonds is 5. The number of hydrogen-bond acceptors (Lipinski definition) is 3. The Morgan fingerprint density at radius 3 is 2.52 bits per heavy atom. The summed E-state index contributed by atoms with van der Waals surface area (Å²) in [6, 6.07) is 17.9. The van der Waals surface area contributed by atoms with E-state index in [0.717, 1.165) is 5.56 Å². The van der Waals surface area contributed by atoms with E-state index >= 15 is 0 Å². The molecule has 2 aromatic carbocycles. The summed E-state index contributed by atoms with van der Waals surface area (Å²) >= 11 is 0. The van der Waals surface area contributed by atoms with Crippen molar-refractivity contribution in [2.75, 3.05) is 6.54 Å². The van der Waals surface area contributed by atoms with Crippen LogP contribution in [0, 0.1) is 0 Å². The molecule has 1 aliphatic carbocycles. The molecule has 0 spiro atoms. The number of furan rings is 1. The van der Waals surface area contributed by atoms with Crippen molar-refractivity contribution in [2.24, 2.45) is 0 Å². The maximum absolute atomic E-state index is 13.7. The molecule has 0 atom stereocenters. The molecule has 33 heavy (non-hydrogen) atoms. The zero-order valence-corrected chi connectivity index (χ0v) is 17.5. The molecule has 1 N–H and O–H groups in total. The Bertz CT molecular complexity index is 1290. The van der Waals surface area contributed by atoms with Crippen LogP contribution in [0.1, 0.15) is 32.9 Å². The average molecular weight is 451 g/mol. The standard InChI is InChI=1S/C25H20F3N3O2/c26-25(27,28)23-20-10-11-21-19(13-15-33-21)22(20)31(30-23)18-8-6-17(7-9-18)24(32)29-14-12-16-4-2-1-3-5-16/h1-9,13,15H,10-12,14H2,(H,29,32). The minimum absolute atomic E-state index is 0.166. The van der Waals surface area contributed by atoms with Crippen LogP contribution in [0.15, 0.2) is 71.3 Å². The molecule has 0 radical (unpaired) electrons. The van der Waals surface area contributed by atoms with Crippen LogP contribution in [-0.4, -0.2) is 22.2 Å². The number of hydrogen-bond donors (Lipinski definition) is 1. The van der Waals surface area contributed by atoms with Crippen LogP contribution in [0.25, 0.3) is 16.9 Å². The first-order valence-electron chi connectivity index (χ1n) is 10.6. The van der Waals surface area contributed by atoms with Crippen molar-refractivity contribution < 1.29 is 22.4 Å². The molecule has 5 rings (SSSR count). The van der Waals surface area contributed by atoms with E-state index in [1.54, 1.807) is 30.3 Å². The first-order valence-corrected chi connectivity index (χ1v) is 10.6. The van der Waals surface area contributed by atoms with Gasteiger partial charge >= 0.3 is 6.18 Å². The van der Waals surface area contributed by atoms with Crippen molar-refractivity contribution in [1.29, 1.82) is 0 Å². The SMILES string of the molecule is O=C(NCCc1ccccc1)c1ccc(-n2nc(C(F)(F)F)c3c2-c2ccoc2CC3)cc1. The highest BCUT2D eigenvalue weighted by molar-refractivity contribution is 5.94. The van der Waals surface area contributed by atoms with Gasteiger partial charge in [0.05, 0.1) is 17.6 Å². The Balaban J connectivity index is 1.39. The highest BCUT2D eigenvalue weighted by atomic mass is 19.4. The zero-order chi connectivity index (χ0) is 23.0. The van der Waals surface area contributed by atoms with Crippen molar-refractivity contribution >= 4 is 5.91 Å². The van der Waals surface area contributed by atoms with E-state index in [0.29, 0.717) is 47.7 Å². The molecule has 4 aromatic rings. The number of carbonyl (C=O) groups excluding carboxylic acids is 1.